The summed E-state index contributed by atoms with van der Waals surface area (Å²) < 4.78 is 5.03. The van der Waals surface area contributed by atoms with Crippen LogP contribution >= 0.6 is 0 Å². The zero-order valence-electron chi connectivity index (χ0n) is 11.8. The Morgan fingerprint density at radius 1 is 1.24 bits per heavy atom. The van der Waals surface area contributed by atoms with Gasteiger partial charge in [-0.05, 0) is 43.7 Å². The molecule has 6 heteroatoms. The fourth-order valence-electron chi connectivity index (χ4n) is 1.69. The summed E-state index contributed by atoms with van der Waals surface area (Å²) in [6.45, 7) is 3.98. The molecule has 0 atom stereocenters. The zero-order valence-corrected chi connectivity index (χ0v) is 11.8. The van der Waals surface area contributed by atoms with E-state index in [1.807, 2.05) is 6.92 Å². The van der Waals surface area contributed by atoms with E-state index in [2.05, 4.69) is 10.8 Å². The number of furan rings is 1. The second kappa shape index (κ2) is 6.71. The molecule has 0 unspecified atom stereocenters. The lowest BCUT2D eigenvalue weighted by Crippen LogP contribution is -2.24. The van der Waals surface area contributed by atoms with Gasteiger partial charge in [-0.15, -0.1) is 0 Å². The van der Waals surface area contributed by atoms with Gasteiger partial charge in [0.05, 0.1) is 12.9 Å². The lowest BCUT2D eigenvalue weighted by atomic mass is 10.1. The van der Waals surface area contributed by atoms with E-state index in [-0.39, 0.29) is 17.6 Å². The molecule has 1 heterocycles. The van der Waals surface area contributed by atoms with Crippen LogP contribution in [0.4, 0.5) is 5.69 Å². The second-order valence-corrected chi connectivity index (χ2v) is 4.33. The summed E-state index contributed by atoms with van der Waals surface area (Å²) in [5.41, 5.74) is 4.08. The van der Waals surface area contributed by atoms with Gasteiger partial charge in [0.1, 0.15) is 0 Å². The summed E-state index contributed by atoms with van der Waals surface area (Å²) >= 11 is 0. The third kappa shape index (κ3) is 3.70. The second-order valence-electron chi connectivity index (χ2n) is 4.33. The summed E-state index contributed by atoms with van der Waals surface area (Å²) in [5, 5.41) is 2.71. The summed E-state index contributed by atoms with van der Waals surface area (Å²) in [4.78, 5) is 28.6. The van der Waals surface area contributed by atoms with E-state index >= 15 is 0 Å². The molecule has 21 heavy (non-hydrogen) atoms. The predicted octanol–water partition coefficient (Wildman–Crippen LogP) is 2.52. The van der Waals surface area contributed by atoms with Gasteiger partial charge in [-0.25, -0.2) is 5.48 Å². The number of rotatable bonds is 5. The molecule has 0 aliphatic carbocycles. The smallest absolute Gasteiger partial charge is 0.291 e. The van der Waals surface area contributed by atoms with Crippen LogP contribution in [0.15, 0.2) is 41.0 Å². The van der Waals surface area contributed by atoms with Crippen LogP contribution in [0.1, 0.15) is 33.4 Å². The van der Waals surface area contributed by atoms with Gasteiger partial charge in [-0.3, -0.25) is 14.4 Å². The van der Waals surface area contributed by atoms with Crippen LogP contribution in [0.2, 0.25) is 0 Å². The molecule has 2 aromatic rings. The SMILES string of the molecule is CCONC(=O)c1ccc(C)c(NC(=O)c2ccco2)c1. The minimum absolute atomic E-state index is 0.207. The van der Waals surface area contributed by atoms with Crippen molar-refractivity contribution < 1.29 is 18.8 Å². The monoisotopic (exact) mass is 288 g/mol. The molecule has 0 saturated heterocycles. The van der Waals surface area contributed by atoms with Crippen molar-refractivity contribution in [2.24, 2.45) is 0 Å². The van der Waals surface area contributed by atoms with Gasteiger partial charge in [0, 0.05) is 11.3 Å². The van der Waals surface area contributed by atoms with Crippen LogP contribution in [0.25, 0.3) is 0 Å². The normalized spacial score (nSPS) is 10.2. The average molecular weight is 288 g/mol. The van der Waals surface area contributed by atoms with Crippen molar-refractivity contribution in [3.8, 4) is 0 Å². The topological polar surface area (TPSA) is 80.6 Å². The number of aryl methyl sites for hydroxylation is 1. The predicted molar refractivity (Wildman–Crippen MR) is 76.9 cm³/mol. The molecular weight excluding hydrogens is 272 g/mol. The van der Waals surface area contributed by atoms with Crippen molar-refractivity contribution in [1.29, 1.82) is 0 Å². The highest BCUT2D eigenvalue weighted by Gasteiger charge is 2.12. The number of hydrogen-bond acceptors (Lipinski definition) is 4. The Hall–Kier alpha value is -2.60. The van der Waals surface area contributed by atoms with E-state index in [0.717, 1.165) is 5.56 Å². The fourth-order valence-corrected chi connectivity index (χ4v) is 1.69. The number of hydrogen-bond donors (Lipinski definition) is 2. The zero-order chi connectivity index (χ0) is 15.2. The molecule has 2 N–H and O–H groups in total. The molecule has 6 nitrogen and oxygen atoms in total. The van der Waals surface area contributed by atoms with Crippen molar-refractivity contribution >= 4 is 17.5 Å². The molecule has 0 saturated carbocycles. The van der Waals surface area contributed by atoms with E-state index < -0.39 is 0 Å². The van der Waals surface area contributed by atoms with Crippen LogP contribution in [-0.4, -0.2) is 18.4 Å². The third-order valence-electron chi connectivity index (χ3n) is 2.80. The molecular formula is C15H16N2O4. The average Bonchev–Trinajstić information content (AvgIpc) is 3.01. The van der Waals surface area contributed by atoms with Crippen molar-refractivity contribution in [3.05, 3.63) is 53.5 Å². The Morgan fingerprint density at radius 3 is 2.71 bits per heavy atom. The number of benzene rings is 1. The molecule has 2 rings (SSSR count). The van der Waals surface area contributed by atoms with Crippen molar-refractivity contribution in [3.63, 3.8) is 0 Å². The Balaban J connectivity index is 2.15. The minimum Gasteiger partial charge on any atom is -0.459 e. The highest BCUT2D eigenvalue weighted by Crippen LogP contribution is 2.18. The number of amides is 2. The maximum atomic E-state index is 12.0. The van der Waals surface area contributed by atoms with E-state index in [0.29, 0.717) is 17.9 Å². The van der Waals surface area contributed by atoms with Gasteiger partial charge in [0.2, 0.25) is 0 Å². The lowest BCUT2D eigenvalue weighted by molar-refractivity contribution is 0.0364. The highest BCUT2D eigenvalue weighted by molar-refractivity contribution is 6.03. The number of carbonyl (C=O) groups excluding carboxylic acids is 2. The molecule has 110 valence electrons. The summed E-state index contributed by atoms with van der Waals surface area (Å²) in [6.07, 6.45) is 1.42. The van der Waals surface area contributed by atoms with E-state index in [1.165, 1.54) is 6.26 Å². The van der Waals surface area contributed by atoms with Crippen LogP contribution in [0.3, 0.4) is 0 Å². The molecule has 2 amide bonds. The molecule has 0 fully saturated rings. The Kier molecular flexibility index (Phi) is 4.73. The molecule has 0 aliphatic rings. The van der Waals surface area contributed by atoms with Gasteiger partial charge in [0.25, 0.3) is 11.8 Å². The lowest BCUT2D eigenvalue weighted by Gasteiger charge is -2.10. The van der Waals surface area contributed by atoms with Crippen LogP contribution < -0.4 is 10.8 Å². The van der Waals surface area contributed by atoms with Gasteiger partial charge in [0.15, 0.2) is 5.76 Å². The van der Waals surface area contributed by atoms with Crippen LogP contribution in [0, 0.1) is 6.92 Å². The quantitative estimate of drug-likeness (QED) is 0.828. The first-order valence-electron chi connectivity index (χ1n) is 6.49. The molecule has 0 bridgehead atoms. The Labute approximate surface area is 122 Å². The molecule has 1 aromatic carbocycles. The standard InChI is InChI=1S/C15H16N2O4/c1-3-21-17-14(18)11-7-6-10(2)12(9-11)16-15(19)13-5-4-8-20-13/h4-9H,3H2,1-2H3,(H,16,19)(H,17,18). The van der Waals surface area contributed by atoms with Crippen LogP contribution in [0.5, 0.6) is 0 Å². The van der Waals surface area contributed by atoms with Crippen LogP contribution in [-0.2, 0) is 4.84 Å². The number of carbonyl (C=O) groups is 2. The molecule has 1 aromatic heterocycles. The number of nitrogens with one attached hydrogen (secondary N) is 2. The first-order chi connectivity index (χ1) is 10.1. The van der Waals surface area contributed by atoms with E-state index in [9.17, 15) is 9.59 Å². The van der Waals surface area contributed by atoms with Crippen molar-refractivity contribution in [2.45, 2.75) is 13.8 Å². The first kappa shape index (κ1) is 14.8. The Bertz CT molecular complexity index is 635. The largest absolute Gasteiger partial charge is 0.459 e. The summed E-state index contributed by atoms with van der Waals surface area (Å²) in [6, 6.07) is 8.19. The number of anilines is 1. The maximum absolute atomic E-state index is 12.0. The summed E-state index contributed by atoms with van der Waals surface area (Å²) in [5.74, 6) is -0.533. The van der Waals surface area contributed by atoms with Gasteiger partial charge in [-0.2, -0.15) is 0 Å². The number of hydroxylamine groups is 1. The van der Waals surface area contributed by atoms with Crippen molar-refractivity contribution in [1.82, 2.24) is 5.48 Å². The fraction of sp³-hybridized carbons (Fsp3) is 0.200. The summed E-state index contributed by atoms with van der Waals surface area (Å²) in [7, 11) is 0. The molecule has 0 spiro atoms. The molecule has 0 aliphatic heterocycles. The Morgan fingerprint density at radius 2 is 2.05 bits per heavy atom. The van der Waals surface area contributed by atoms with E-state index in [1.54, 1.807) is 37.3 Å². The van der Waals surface area contributed by atoms with E-state index in [4.69, 9.17) is 9.25 Å². The van der Waals surface area contributed by atoms with Gasteiger partial charge < -0.3 is 9.73 Å². The third-order valence-corrected chi connectivity index (χ3v) is 2.80. The highest BCUT2D eigenvalue weighted by atomic mass is 16.6. The first-order valence-corrected chi connectivity index (χ1v) is 6.49. The van der Waals surface area contributed by atoms with Gasteiger partial charge >= 0.3 is 0 Å². The molecule has 0 radical (unpaired) electrons. The maximum Gasteiger partial charge on any atom is 0.291 e. The van der Waals surface area contributed by atoms with Crippen molar-refractivity contribution in [2.75, 3.05) is 11.9 Å². The van der Waals surface area contributed by atoms with Gasteiger partial charge in [-0.1, -0.05) is 6.07 Å². The minimum atomic E-state index is -0.370.